The van der Waals surface area contributed by atoms with E-state index < -0.39 is 0 Å². The molecule has 0 aliphatic carbocycles. The average Bonchev–Trinajstić information content (AvgIpc) is 2.88. The predicted molar refractivity (Wildman–Crippen MR) is 86.8 cm³/mol. The molecule has 1 aromatic heterocycles. The molecule has 2 aliphatic rings. The molecule has 21 heavy (non-hydrogen) atoms. The van der Waals surface area contributed by atoms with Crippen LogP contribution in [0.2, 0.25) is 0 Å². The lowest BCUT2D eigenvalue weighted by Crippen LogP contribution is -2.46. The molecule has 0 N–H and O–H groups in total. The maximum Gasteiger partial charge on any atom is 0.0797 e. The summed E-state index contributed by atoms with van der Waals surface area (Å²) < 4.78 is 2.41. The smallest absolute Gasteiger partial charge is 0.0797 e. The van der Waals surface area contributed by atoms with Crippen molar-refractivity contribution >= 4 is 11.8 Å². The Morgan fingerprint density at radius 3 is 2.67 bits per heavy atom. The first-order chi connectivity index (χ1) is 10.3. The van der Waals surface area contributed by atoms with Gasteiger partial charge in [-0.3, -0.25) is 4.90 Å². The van der Waals surface area contributed by atoms with E-state index in [0.717, 1.165) is 19.6 Å². The summed E-state index contributed by atoms with van der Waals surface area (Å²) in [6, 6.07) is 13.8. The molecule has 0 bridgehead atoms. The highest BCUT2D eigenvalue weighted by Gasteiger charge is 2.28. The van der Waals surface area contributed by atoms with Gasteiger partial charge in [0.15, 0.2) is 0 Å². The van der Waals surface area contributed by atoms with Gasteiger partial charge >= 0.3 is 0 Å². The number of likely N-dealkylation sites (N-methyl/N-ethyl adjacent to an activating group) is 1. The highest BCUT2D eigenvalue weighted by Crippen LogP contribution is 2.40. The van der Waals surface area contributed by atoms with Crippen LogP contribution in [-0.4, -0.2) is 47.6 Å². The van der Waals surface area contributed by atoms with Gasteiger partial charge in [-0.15, -0.1) is 0 Å². The van der Waals surface area contributed by atoms with E-state index in [4.69, 9.17) is 0 Å². The minimum atomic E-state index is 0.496. The SMILES string of the molecule is CN1CCN([C@H]2Cn3cccc3Sc3ccccc32)CC1. The minimum absolute atomic E-state index is 0.496. The number of aromatic nitrogens is 1. The first-order valence-electron chi connectivity index (χ1n) is 7.66. The van der Waals surface area contributed by atoms with E-state index in [1.54, 1.807) is 0 Å². The number of hydrogen-bond acceptors (Lipinski definition) is 3. The van der Waals surface area contributed by atoms with Gasteiger partial charge in [-0.2, -0.15) is 0 Å². The first kappa shape index (κ1) is 13.4. The van der Waals surface area contributed by atoms with Crippen molar-refractivity contribution in [3.8, 4) is 0 Å². The Kier molecular flexibility index (Phi) is 3.53. The van der Waals surface area contributed by atoms with Crippen LogP contribution in [-0.2, 0) is 6.54 Å². The van der Waals surface area contributed by atoms with Crippen LogP contribution in [0.15, 0.2) is 52.5 Å². The Hall–Kier alpha value is -1.23. The van der Waals surface area contributed by atoms with Gasteiger partial charge < -0.3 is 9.47 Å². The van der Waals surface area contributed by atoms with Gasteiger partial charge in [0.2, 0.25) is 0 Å². The van der Waals surface area contributed by atoms with Gasteiger partial charge in [-0.05, 0) is 30.8 Å². The molecule has 110 valence electrons. The molecule has 4 rings (SSSR count). The molecule has 0 amide bonds. The minimum Gasteiger partial charge on any atom is -0.341 e. The molecule has 0 saturated carbocycles. The molecule has 2 aromatic rings. The molecule has 1 aromatic carbocycles. The van der Waals surface area contributed by atoms with Crippen molar-refractivity contribution in [3.63, 3.8) is 0 Å². The number of benzene rings is 1. The normalized spacial score (nSPS) is 23.4. The van der Waals surface area contributed by atoms with Crippen molar-refractivity contribution in [3.05, 3.63) is 48.2 Å². The molecule has 1 saturated heterocycles. The lowest BCUT2D eigenvalue weighted by atomic mass is 10.0. The zero-order valence-electron chi connectivity index (χ0n) is 12.4. The lowest BCUT2D eigenvalue weighted by molar-refractivity contribution is 0.100. The zero-order valence-corrected chi connectivity index (χ0v) is 13.2. The molecule has 2 aliphatic heterocycles. The highest BCUT2D eigenvalue weighted by atomic mass is 32.2. The maximum atomic E-state index is 2.66. The molecule has 0 radical (unpaired) electrons. The summed E-state index contributed by atoms with van der Waals surface area (Å²) in [7, 11) is 2.22. The largest absolute Gasteiger partial charge is 0.341 e. The fourth-order valence-electron chi connectivity index (χ4n) is 3.33. The summed E-state index contributed by atoms with van der Waals surface area (Å²) in [6.07, 6.45) is 2.22. The molecule has 3 heterocycles. The second-order valence-corrected chi connectivity index (χ2v) is 7.06. The Balaban J connectivity index is 1.72. The fourth-order valence-corrected chi connectivity index (χ4v) is 4.43. The van der Waals surface area contributed by atoms with Crippen LogP contribution in [0.25, 0.3) is 0 Å². The van der Waals surface area contributed by atoms with Gasteiger partial charge in [0.05, 0.1) is 11.1 Å². The number of piperazine rings is 1. The van der Waals surface area contributed by atoms with E-state index in [-0.39, 0.29) is 0 Å². The van der Waals surface area contributed by atoms with Crippen molar-refractivity contribution in [1.29, 1.82) is 0 Å². The molecule has 3 nitrogen and oxygen atoms in total. The topological polar surface area (TPSA) is 11.4 Å². The Morgan fingerprint density at radius 1 is 1.00 bits per heavy atom. The highest BCUT2D eigenvalue weighted by molar-refractivity contribution is 7.99. The van der Waals surface area contributed by atoms with E-state index in [9.17, 15) is 0 Å². The van der Waals surface area contributed by atoms with E-state index in [2.05, 4.69) is 64.0 Å². The Labute approximate surface area is 130 Å². The van der Waals surface area contributed by atoms with Crippen LogP contribution in [0.3, 0.4) is 0 Å². The molecule has 0 spiro atoms. The third-order valence-electron chi connectivity index (χ3n) is 4.63. The number of fused-ring (bicyclic) bond motifs is 2. The van der Waals surface area contributed by atoms with Crippen LogP contribution in [0.1, 0.15) is 11.6 Å². The first-order valence-corrected chi connectivity index (χ1v) is 8.47. The van der Waals surface area contributed by atoms with E-state index in [0.29, 0.717) is 6.04 Å². The summed E-state index contributed by atoms with van der Waals surface area (Å²) in [5.41, 5.74) is 1.50. The molecule has 0 unspecified atom stereocenters. The average molecular weight is 299 g/mol. The van der Waals surface area contributed by atoms with E-state index in [1.165, 1.54) is 28.6 Å². The summed E-state index contributed by atoms with van der Waals surface area (Å²) in [5, 5.41) is 1.36. The number of rotatable bonds is 1. The molecule has 4 heteroatoms. The summed E-state index contributed by atoms with van der Waals surface area (Å²) in [5.74, 6) is 0. The third-order valence-corrected chi connectivity index (χ3v) is 5.80. The van der Waals surface area contributed by atoms with E-state index >= 15 is 0 Å². The molecular formula is C17H21N3S. The van der Waals surface area contributed by atoms with Crippen LogP contribution in [0.4, 0.5) is 0 Å². The second-order valence-electron chi connectivity index (χ2n) is 5.99. The van der Waals surface area contributed by atoms with Gasteiger partial charge in [0, 0.05) is 43.8 Å². The summed E-state index contributed by atoms with van der Waals surface area (Å²) in [6.45, 7) is 5.73. The van der Waals surface area contributed by atoms with Gasteiger partial charge in [0.1, 0.15) is 0 Å². The third kappa shape index (κ3) is 2.52. The quantitative estimate of drug-likeness (QED) is 0.803. The van der Waals surface area contributed by atoms with E-state index in [1.807, 2.05) is 11.8 Å². The second kappa shape index (κ2) is 5.52. The maximum absolute atomic E-state index is 2.66. The number of hydrogen-bond donors (Lipinski definition) is 0. The fraction of sp³-hybridized carbons (Fsp3) is 0.412. The molecular weight excluding hydrogens is 278 g/mol. The summed E-state index contributed by atoms with van der Waals surface area (Å²) >= 11 is 1.90. The van der Waals surface area contributed by atoms with Crippen molar-refractivity contribution in [2.24, 2.45) is 0 Å². The van der Waals surface area contributed by atoms with Crippen LogP contribution < -0.4 is 0 Å². The summed E-state index contributed by atoms with van der Waals surface area (Å²) in [4.78, 5) is 6.50. The Morgan fingerprint density at radius 2 is 1.81 bits per heavy atom. The predicted octanol–water partition coefficient (Wildman–Crippen LogP) is 2.94. The van der Waals surface area contributed by atoms with Crippen molar-refractivity contribution in [2.75, 3.05) is 33.2 Å². The van der Waals surface area contributed by atoms with Gasteiger partial charge in [-0.25, -0.2) is 0 Å². The van der Waals surface area contributed by atoms with Gasteiger partial charge in [-0.1, -0.05) is 30.0 Å². The Bertz CT molecular complexity index is 628. The lowest BCUT2D eigenvalue weighted by Gasteiger charge is -2.38. The van der Waals surface area contributed by atoms with Crippen molar-refractivity contribution < 1.29 is 0 Å². The van der Waals surface area contributed by atoms with Crippen LogP contribution in [0, 0.1) is 0 Å². The standard InChI is InChI=1S/C17H21N3S/c1-18-9-11-19(12-10-18)15-13-20-8-4-7-17(20)21-16-6-3-2-5-14(15)16/h2-8,15H,9-13H2,1H3/t15-/m0/s1. The molecule has 1 fully saturated rings. The monoisotopic (exact) mass is 299 g/mol. The van der Waals surface area contributed by atoms with Crippen LogP contribution >= 0.6 is 11.8 Å². The molecule has 1 atom stereocenters. The van der Waals surface area contributed by atoms with Crippen LogP contribution in [0.5, 0.6) is 0 Å². The zero-order chi connectivity index (χ0) is 14.2. The number of nitrogens with zero attached hydrogens (tertiary/aromatic N) is 3. The van der Waals surface area contributed by atoms with Gasteiger partial charge in [0.25, 0.3) is 0 Å². The van der Waals surface area contributed by atoms with Crippen molar-refractivity contribution in [2.45, 2.75) is 22.5 Å². The van der Waals surface area contributed by atoms with Crippen molar-refractivity contribution in [1.82, 2.24) is 14.4 Å².